The van der Waals surface area contributed by atoms with Crippen molar-refractivity contribution in [3.05, 3.63) is 65.4 Å². The number of fused-ring (bicyclic) bond motifs is 1. The molecule has 0 aliphatic heterocycles. The Balaban J connectivity index is 2.34. The van der Waals surface area contributed by atoms with Gasteiger partial charge in [-0.1, -0.05) is 36.8 Å². The highest BCUT2D eigenvalue weighted by molar-refractivity contribution is 5.80. The third kappa shape index (κ3) is 3.16. The van der Waals surface area contributed by atoms with Crippen LogP contribution < -0.4 is 0 Å². The van der Waals surface area contributed by atoms with Crippen LogP contribution in [0.1, 0.15) is 44.2 Å². The molecule has 1 unspecified atom stereocenters. The molecule has 2 aromatic rings. The molecule has 20 heavy (non-hydrogen) atoms. The summed E-state index contributed by atoms with van der Waals surface area (Å²) in [6.07, 6.45) is 9.45. The molecule has 104 valence electrons. The Labute approximate surface area is 122 Å². The molecule has 0 saturated heterocycles. The van der Waals surface area contributed by atoms with Crippen LogP contribution in [0, 0.1) is 6.92 Å². The number of benzene rings is 1. The van der Waals surface area contributed by atoms with Crippen molar-refractivity contribution in [2.45, 2.75) is 40.0 Å². The maximum absolute atomic E-state index is 4.43. The van der Waals surface area contributed by atoms with E-state index in [1.807, 2.05) is 12.3 Å². The van der Waals surface area contributed by atoms with Crippen LogP contribution in [-0.4, -0.2) is 4.98 Å². The van der Waals surface area contributed by atoms with E-state index in [1.165, 1.54) is 22.1 Å². The van der Waals surface area contributed by atoms with Crippen molar-refractivity contribution < 1.29 is 0 Å². The third-order valence-corrected chi connectivity index (χ3v) is 3.82. The molecule has 0 radical (unpaired) electrons. The van der Waals surface area contributed by atoms with E-state index in [2.05, 4.69) is 69.1 Å². The van der Waals surface area contributed by atoms with E-state index in [-0.39, 0.29) is 0 Å². The van der Waals surface area contributed by atoms with Gasteiger partial charge in [-0.25, -0.2) is 0 Å². The number of hydrogen-bond acceptors (Lipinski definition) is 1. The highest BCUT2D eigenvalue weighted by Gasteiger charge is 2.11. The van der Waals surface area contributed by atoms with E-state index in [0.717, 1.165) is 11.9 Å². The number of rotatable bonds is 4. The van der Waals surface area contributed by atoms with Crippen molar-refractivity contribution in [1.29, 1.82) is 0 Å². The number of aromatic nitrogens is 1. The summed E-state index contributed by atoms with van der Waals surface area (Å²) >= 11 is 0. The molecule has 0 aliphatic rings. The summed E-state index contributed by atoms with van der Waals surface area (Å²) in [5.74, 6) is 0.516. The third-order valence-electron chi connectivity index (χ3n) is 3.82. The zero-order valence-electron chi connectivity index (χ0n) is 12.9. The van der Waals surface area contributed by atoms with Gasteiger partial charge in [0.25, 0.3) is 0 Å². The smallest absolute Gasteiger partial charge is 0.0704 e. The molecule has 1 aromatic carbocycles. The van der Waals surface area contributed by atoms with E-state index in [9.17, 15) is 0 Å². The van der Waals surface area contributed by atoms with Crippen LogP contribution in [0.5, 0.6) is 0 Å². The predicted molar refractivity (Wildman–Crippen MR) is 88.1 cm³/mol. The first kappa shape index (κ1) is 14.5. The van der Waals surface area contributed by atoms with Gasteiger partial charge in [0.1, 0.15) is 0 Å². The summed E-state index contributed by atoms with van der Waals surface area (Å²) in [7, 11) is 0. The highest BCUT2D eigenvalue weighted by atomic mass is 14.6. The number of nitrogens with zero attached hydrogens (tertiary/aromatic N) is 1. The summed E-state index contributed by atoms with van der Waals surface area (Å²) in [5.41, 5.74) is 5.24. The molecule has 0 bridgehead atoms. The van der Waals surface area contributed by atoms with Crippen LogP contribution in [0.3, 0.4) is 0 Å². The molecule has 0 saturated carbocycles. The van der Waals surface area contributed by atoms with Gasteiger partial charge < -0.3 is 0 Å². The van der Waals surface area contributed by atoms with E-state index in [0.29, 0.717) is 5.92 Å². The Bertz CT molecular complexity index is 650. The lowest BCUT2D eigenvalue weighted by Gasteiger charge is -2.16. The Morgan fingerprint density at radius 3 is 2.80 bits per heavy atom. The molecule has 0 amide bonds. The SMILES string of the molecule is C/C=C\C(=C\C)CC(C)c1cc2cccnc2cc1C. The van der Waals surface area contributed by atoms with E-state index < -0.39 is 0 Å². The van der Waals surface area contributed by atoms with Gasteiger partial charge in [0, 0.05) is 11.6 Å². The van der Waals surface area contributed by atoms with Gasteiger partial charge >= 0.3 is 0 Å². The standard InChI is InChI=1S/C19H23N/c1-5-8-16(6-2)11-14(3)18-13-17-9-7-10-20-19(17)12-15(18)4/h5-10,12-14H,11H2,1-4H3/b8-5-,16-6-. The van der Waals surface area contributed by atoms with Crippen molar-refractivity contribution in [2.24, 2.45) is 0 Å². The van der Waals surface area contributed by atoms with Crippen LogP contribution in [0.4, 0.5) is 0 Å². The quantitative estimate of drug-likeness (QED) is 0.659. The van der Waals surface area contributed by atoms with Crippen molar-refractivity contribution in [3.63, 3.8) is 0 Å². The lowest BCUT2D eigenvalue weighted by molar-refractivity contribution is 0.756. The first-order valence-corrected chi connectivity index (χ1v) is 7.29. The van der Waals surface area contributed by atoms with Crippen molar-refractivity contribution in [3.8, 4) is 0 Å². The van der Waals surface area contributed by atoms with Gasteiger partial charge in [0.05, 0.1) is 5.52 Å². The maximum Gasteiger partial charge on any atom is 0.0704 e. The molecule has 1 heteroatoms. The molecule has 1 atom stereocenters. The minimum Gasteiger partial charge on any atom is -0.256 e. The van der Waals surface area contributed by atoms with Crippen LogP contribution in [0.15, 0.2) is 54.3 Å². The largest absolute Gasteiger partial charge is 0.256 e. The van der Waals surface area contributed by atoms with Gasteiger partial charge in [-0.05, 0) is 62.4 Å². The van der Waals surface area contributed by atoms with Gasteiger partial charge in [-0.15, -0.1) is 0 Å². The van der Waals surface area contributed by atoms with Crippen LogP contribution in [0.2, 0.25) is 0 Å². The molecule has 1 heterocycles. The Morgan fingerprint density at radius 2 is 2.10 bits per heavy atom. The minimum atomic E-state index is 0.516. The summed E-state index contributed by atoms with van der Waals surface area (Å²) in [4.78, 5) is 4.43. The van der Waals surface area contributed by atoms with E-state index >= 15 is 0 Å². The highest BCUT2D eigenvalue weighted by Crippen LogP contribution is 2.29. The predicted octanol–water partition coefficient (Wildman–Crippen LogP) is 5.56. The number of hydrogen-bond donors (Lipinski definition) is 0. The molecule has 0 spiro atoms. The zero-order chi connectivity index (χ0) is 14.5. The lowest BCUT2D eigenvalue weighted by Crippen LogP contribution is -1.98. The molecule has 0 N–H and O–H groups in total. The number of aryl methyl sites for hydroxylation is 1. The fourth-order valence-corrected chi connectivity index (χ4v) is 2.73. The minimum absolute atomic E-state index is 0.516. The zero-order valence-corrected chi connectivity index (χ0v) is 12.9. The second kappa shape index (κ2) is 6.51. The topological polar surface area (TPSA) is 12.9 Å². The molecular weight excluding hydrogens is 242 g/mol. The first-order chi connectivity index (χ1) is 9.65. The van der Waals surface area contributed by atoms with Crippen LogP contribution in [0.25, 0.3) is 10.9 Å². The fourth-order valence-electron chi connectivity index (χ4n) is 2.73. The van der Waals surface area contributed by atoms with Gasteiger partial charge in [0.2, 0.25) is 0 Å². The van der Waals surface area contributed by atoms with E-state index in [1.54, 1.807) is 0 Å². The van der Waals surface area contributed by atoms with Gasteiger partial charge in [-0.2, -0.15) is 0 Å². The molecule has 0 fully saturated rings. The molecule has 1 aromatic heterocycles. The van der Waals surface area contributed by atoms with Crippen molar-refractivity contribution in [2.75, 3.05) is 0 Å². The lowest BCUT2D eigenvalue weighted by atomic mass is 9.89. The average Bonchev–Trinajstić information content (AvgIpc) is 2.45. The fraction of sp³-hybridized carbons (Fsp3) is 0.316. The number of allylic oxidation sites excluding steroid dienone is 4. The summed E-state index contributed by atoms with van der Waals surface area (Å²) in [6, 6.07) is 8.64. The Morgan fingerprint density at radius 1 is 1.30 bits per heavy atom. The molecule has 0 aliphatic carbocycles. The molecular formula is C19H23N. The normalized spacial score (nSPS) is 14.1. The Hall–Kier alpha value is -1.89. The number of pyridine rings is 1. The summed E-state index contributed by atoms with van der Waals surface area (Å²) in [5, 5.41) is 1.23. The van der Waals surface area contributed by atoms with Crippen LogP contribution >= 0.6 is 0 Å². The second-order valence-electron chi connectivity index (χ2n) is 5.37. The summed E-state index contributed by atoms with van der Waals surface area (Å²) < 4.78 is 0. The molecule has 1 nitrogen and oxygen atoms in total. The average molecular weight is 265 g/mol. The second-order valence-corrected chi connectivity index (χ2v) is 5.37. The summed E-state index contributed by atoms with van der Waals surface area (Å²) in [6.45, 7) is 8.67. The first-order valence-electron chi connectivity index (χ1n) is 7.29. The van der Waals surface area contributed by atoms with Crippen molar-refractivity contribution in [1.82, 2.24) is 4.98 Å². The van der Waals surface area contributed by atoms with Crippen LogP contribution in [-0.2, 0) is 0 Å². The monoisotopic (exact) mass is 265 g/mol. The maximum atomic E-state index is 4.43. The Kier molecular flexibility index (Phi) is 4.73. The molecule has 2 rings (SSSR count). The van der Waals surface area contributed by atoms with Gasteiger partial charge in [-0.3, -0.25) is 4.98 Å². The van der Waals surface area contributed by atoms with Crippen molar-refractivity contribution >= 4 is 10.9 Å². The van der Waals surface area contributed by atoms with E-state index in [4.69, 9.17) is 0 Å². The van der Waals surface area contributed by atoms with Gasteiger partial charge in [0.15, 0.2) is 0 Å².